The molecule has 1 aliphatic heterocycles. The Morgan fingerprint density at radius 2 is 1.53 bits per heavy atom. The molecule has 1 saturated heterocycles. The van der Waals surface area contributed by atoms with E-state index in [9.17, 15) is 19.2 Å². The van der Waals surface area contributed by atoms with Crippen LogP contribution in [0.15, 0.2) is 71.2 Å². The van der Waals surface area contributed by atoms with Gasteiger partial charge in [0.25, 0.3) is 5.91 Å². The number of rotatable bonds is 6. The highest BCUT2D eigenvalue weighted by Gasteiger charge is 2.37. The van der Waals surface area contributed by atoms with E-state index in [-0.39, 0.29) is 12.5 Å². The van der Waals surface area contributed by atoms with Crippen molar-refractivity contribution in [3.63, 3.8) is 0 Å². The summed E-state index contributed by atoms with van der Waals surface area (Å²) in [7, 11) is 0. The van der Waals surface area contributed by atoms with E-state index in [2.05, 4.69) is 31.9 Å². The zero-order valence-electron chi connectivity index (χ0n) is 20.0. The van der Waals surface area contributed by atoms with Crippen LogP contribution in [0.2, 0.25) is 10.0 Å². The number of carbonyl (C=O) groups excluding carboxylic acids is 4. The topological polar surface area (TPSA) is 108 Å². The Hall–Kier alpha value is -3.40. The van der Waals surface area contributed by atoms with Crippen LogP contribution in [0.4, 0.5) is 11.4 Å². The summed E-state index contributed by atoms with van der Waals surface area (Å²) >= 11 is 15.3. The molecule has 0 spiro atoms. The van der Waals surface area contributed by atoms with Gasteiger partial charge >= 0.3 is 11.8 Å². The molecular weight excluding hydrogens is 595 g/mol. The van der Waals surface area contributed by atoms with E-state index in [0.717, 1.165) is 10.0 Å². The summed E-state index contributed by atoms with van der Waals surface area (Å²) in [6.45, 7) is 0.585. The molecule has 0 bridgehead atoms. The lowest BCUT2D eigenvalue weighted by Gasteiger charge is -2.23. The van der Waals surface area contributed by atoms with Crippen molar-refractivity contribution in [1.29, 1.82) is 0 Å². The molecule has 0 saturated carbocycles. The van der Waals surface area contributed by atoms with Crippen LogP contribution in [-0.4, -0.2) is 41.1 Å². The molecule has 11 heteroatoms. The van der Waals surface area contributed by atoms with Gasteiger partial charge in [-0.2, -0.15) is 0 Å². The molecule has 3 N–H and O–H groups in total. The summed E-state index contributed by atoms with van der Waals surface area (Å²) in [4.78, 5) is 51.9. The second kappa shape index (κ2) is 12.4. The number of anilines is 2. The molecule has 0 aromatic heterocycles. The molecule has 4 amide bonds. The highest BCUT2D eigenvalue weighted by Crippen LogP contribution is 2.25. The van der Waals surface area contributed by atoms with E-state index in [1.54, 1.807) is 66.7 Å². The van der Waals surface area contributed by atoms with Crippen molar-refractivity contribution in [3.8, 4) is 0 Å². The van der Waals surface area contributed by atoms with Crippen molar-refractivity contribution in [2.24, 2.45) is 0 Å². The zero-order chi connectivity index (χ0) is 27.2. The second-order valence-corrected chi connectivity index (χ2v) is 10.4. The van der Waals surface area contributed by atoms with Crippen LogP contribution in [0.5, 0.6) is 0 Å². The minimum Gasteiger partial charge on any atom is -0.348 e. The molecule has 4 rings (SSSR count). The molecule has 1 aliphatic rings. The minimum absolute atomic E-state index is 0.205. The summed E-state index contributed by atoms with van der Waals surface area (Å²) < 4.78 is 0.886. The first-order chi connectivity index (χ1) is 18.2. The molecule has 0 aliphatic carbocycles. The maximum Gasteiger partial charge on any atom is 0.313 e. The van der Waals surface area contributed by atoms with Crippen LogP contribution in [0.25, 0.3) is 0 Å². The number of hydrogen-bond donors (Lipinski definition) is 3. The molecule has 0 radical (unpaired) electrons. The molecule has 1 fully saturated rings. The van der Waals surface area contributed by atoms with Crippen molar-refractivity contribution in [3.05, 3.63) is 92.4 Å². The van der Waals surface area contributed by atoms with Gasteiger partial charge in [-0.25, -0.2) is 0 Å². The van der Waals surface area contributed by atoms with Crippen molar-refractivity contribution in [2.75, 3.05) is 17.2 Å². The molecule has 38 heavy (non-hydrogen) atoms. The fraction of sp³-hybridized carbons (Fsp3) is 0.185. The van der Waals surface area contributed by atoms with Gasteiger partial charge in [0.2, 0.25) is 5.91 Å². The fourth-order valence-electron chi connectivity index (χ4n) is 4.04. The second-order valence-electron chi connectivity index (χ2n) is 8.64. The average Bonchev–Trinajstić information content (AvgIpc) is 3.37. The summed E-state index contributed by atoms with van der Waals surface area (Å²) in [5, 5.41) is 8.85. The van der Waals surface area contributed by atoms with Crippen molar-refractivity contribution in [2.45, 2.75) is 25.4 Å². The van der Waals surface area contributed by atoms with Gasteiger partial charge in [-0.1, -0.05) is 51.3 Å². The monoisotopic (exact) mass is 616 g/mol. The average molecular weight is 618 g/mol. The van der Waals surface area contributed by atoms with Crippen LogP contribution in [0.3, 0.4) is 0 Å². The van der Waals surface area contributed by atoms with Crippen LogP contribution in [0.1, 0.15) is 28.8 Å². The smallest absolute Gasteiger partial charge is 0.313 e. The van der Waals surface area contributed by atoms with Gasteiger partial charge in [0.15, 0.2) is 0 Å². The number of nitrogens with zero attached hydrogens (tertiary/aromatic N) is 1. The van der Waals surface area contributed by atoms with Gasteiger partial charge in [0, 0.05) is 44.5 Å². The summed E-state index contributed by atoms with van der Waals surface area (Å²) in [6.07, 6.45) is 1.02. The Morgan fingerprint density at radius 1 is 0.868 bits per heavy atom. The van der Waals surface area contributed by atoms with Crippen LogP contribution in [-0.2, 0) is 20.9 Å². The molecule has 1 unspecified atom stereocenters. The highest BCUT2D eigenvalue weighted by molar-refractivity contribution is 9.10. The number of amides is 4. The molecule has 3 aromatic rings. The Labute approximate surface area is 237 Å². The van der Waals surface area contributed by atoms with E-state index >= 15 is 0 Å². The maximum atomic E-state index is 12.9. The highest BCUT2D eigenvalue weighted by atomic mass is 79.9. The van der Waals surface area contributed by atoms with Crippen molar-refractivity contribution in [1.82, 2.24) is 10.2 Å². The Morgan fingerprint density at radius 3 is 2.18 bits per heavy atom. The SMILES string of the molecule is O=C(Nc1ccc(CNC(=O)c2ccc(Br)cc2)cc1)C(=O)N1CCCC1C(=O)Nc1cc(Cl)cc(Cl)c1. The minimum atomic E-state index is -0.841. The summed E-state index contributed by atoms with van der Waals surface area (Å²) in [6, 6.07) is 17.6. The van der Waals surface area contributed by atoms with Crippen LogP contribution >= 0.6 is 39.1 Å². The molecule has 8 nitrogen and oxygen atoms in total. The maximum absolute atomic E-state index is 12.9. The van der Waals surface area contributed by atoms with Crippen molar-refractivity contribution >= 4 is 74.1 Å². The number of halogens is 3. The number of nitrogens with one attached hydrogen (secondary N) is 3. The number of benzene rings is 3. The van der Waals surface area contributed by atoms with E-state index in [1.807, 2.05) is 0 Å². The van der Waals surface area contributed by atoms with Gasteiger partial charge in [0.1, 0.15) is 6.04 Å². The Bertz CT molecular complexity index is 1350. The lowest BCUT2D eigenvalue weighted by Crippen LogP contribution is -2.47. The molecule has 196 valence electrons. The van der Waals surface area contributed by atoms with Gasteiger partial charge < -0.3 is 20.9 Å². The first-order valence-electron chi connectivity index (χ1n) is 11.7. The first-order valence-corrected chi connectivity index (χ1v) is 13.3. The van der Waals surface area contributed by atoms with Gasteiger partial charge in [-0.15, -0.1) is 0 Å². The van der Waals surface area contributed by atoms with Gasteiger partial charge in [0.05, 0.1) is 0 Å². The van der Waals surface area contributed by atoms with Gasteiger partial charge in [-0.05, 0) is 73.0 Å². The normalized spacial score (nSPS) is 14.6. The Kier molecular flexibility index (Phi) is 9.04. The lowest BCUT2D eigenvalue weighted by atomic mass is 10.1. The quantitative estimate of drug-likeness (QED) is 0.328. The fourth-order valence-corrected chi connectivity index (χ4v) is 4.83. The van der Waals surface area contributed by atoms with E-state index in [0.29, 0.717) is 46.4 Å². The molecule has 3 aromatic carbocycles. The van der Waals surface area contributed by atoms with Gasteiger partial charge in [-0.3, -0.25) is 19.2 Å². The van der Waals surface area contributed by atoms with Crippen LogP contribution in [0, 0.1) is 0 Å². The third-order valence-electron chi connectivity index (χ3n) is 5.91. The number of hydrogen-bond acceptors (Lipinski definition) is 4. The van der Waals surface area contributed by atoms with E-state index in [4.69, 9.17) is 23.2 Å². The number of carbonyl (C=O) groups is 4. The molecule has 1 atom stereocenters. The lowest BCUT2D eigenvalue weighted by molar-refractivity contribution is -0.145. The predicted octanol–water partition coefficient (Wildman–Crippen LogP) is 5.25. The summed E-state index contributed by atoms with van der Waals surface area (Å²) in [5.74, 6) is -2.26. The molecule has 1 heterocycles. The number of likely N-dealkylation sites (tertiary alicyclic amines) is 1. The first kappa shape index (κ1) is 27.6. The van der Waals surface area contributed by atoms with E-state index < -0.39 is 23.8 Å². The third kappa shape index (κ3) is 7.12. The van der Waals surface area contributed by atoms with Crippen molar-refractivity contribution < 1.29 is 19.2 Å². The summed E-state index contributed by atoms with van der Waals surface area (Å²) in [5.41, 5.74) is 2.18. The zero-order valence-corrected chi connectivity index (χ0v) is 23.1. The predicted molar refractivity (Wildman–Crippen MR) is 150 cm³/mol. The standard InChI is InChI=1S/C27H23BrCl2N4O4/c28-18-7-5-17(6-8-18)24(35)31-15-16-3-9-21(10-4-16)32-26(37)27(38)34-11-1-2-23(34)25(36)33-22-13-19(29)12-20(30)14-22/h3-10,12-14,23H,1-2,11,15H2,(H,31,35)(H,32,37)(H,33,36). The van der Waals surface area contributed by atoms with Crippen LogP contribution < -0.4 is 16.0 Å². The van der Waals surface area contributed by atoms with E-state index in [1.165, 1.54) is 4.90 Å². The third-order valence-corrected chi connectivity index (χ3v) is 6.88. The Balaban J connectivity index is 1.31. The molecular formula is C27H23BrCl2N4O4. The largest absolute Gasteiger partial charge is 0.348 e.